The number of pyridine rings is 1. The van der Waals surface area contributed by atoms with Crippen molar-refractivity contribution in [3.8, 4) is 5.75 Å². The molecule has 0 atom stereocenters. The van der Waals surface area contributed by atoms with E-state index in [0.717, 1.165) is 24.0 Å². The van der Waals surface area contributed by atoms with Crippen LogP contribution in [0.5, 0.6) is 5.75 Å². The van der Waals surface area contributed by atoms with E-state index >= 15 is 0 Å². The maximum Gasteiger partial charge on any atom is 0.267 e. The lowest BCUT2D eigenvalue weighted by Crippen LogP contribution is -2.30. The van der Waals surface area contributed by atoms with Crippen molar-refractivity contribution in [2.75, 3.05) is 5.32 Å². The number of hydrogen-bond donors (Lipinski definition) is 2. The molecule has 1 heterocycles. The van der Waals surface area contributed by atoms with E-state index < -0.39 is 11.5 Å². The van der Waals surface area contributed by atoms with Crippen LogP contribution in [0.4, 0.5) is 5.69 Å². The SMILES string of the molecule is CCCCn1c(=O)c(C(=O)Nc2c(C)cccc2C)c(O)c2ccccc21. The Kier molecular flexibility index (Phi) is 5.31. The summed E-state index contributed by atoms with van der Waals surface area (Å²) in [6.45, 7) is 6.33. The first-order chi connectivity index (χ1) is 13.0. The number of nitrogens with zero attached hydrogens (tertiary/aromatic N) is 1. The minimum Gasteiger partial charge on any atom is -0.506 e. The summed E-state index contributed by atoms with van der Waals surface area (Å²) in [4.78, 5) is 26.0. The molecule has 0 bridgehead atoms. The minimum atomic E-state index is -0.592. The van der Waals surface area contributed by atoms with Gasteiger partial charge in [-0.2, -0.15) is 0 Å². The van der Waals surface area contributed by atoms with Crippen LogP contribution in [-0.2, 0) is 6.54 Å². The van der Waals surface area contributed by atoms with Gasteiger partial charge >= 0.3 is 0 Å². The zero-order valence-electron chi connectivity index (χ0n) is 15.9. The number of unbranched alkanes of at least 4 members (excludes halogenated alkanes) is 1. The van der Waals surface area contributed by atoms with Crippen LogP contribution in [0, 0.1) is 13.8 Å². The highest BCUT2D eigenvalue weighted by Crippen LogP contribution is 2.28. The van der Waals surface area contributed by atoms with Gasteiger partial charge in [0, 0.05) is 17.6 Å². The summed E-state index contributed by atoms with van der Waals surface area (Å²) in [5, 5.41) is 14.0. The third kappa shape index (κ3) is 3.45. The summed E-state index contributed by atoms with van der Waals surface area (Å²) in [7, 11) is 0. The van der Waals surface area contributed by atoms with Gasteiger partial charge in [0.2, 0.25) is 0 Å². The Hall–Kier alpha value is -3.08. The van der Waals surface area contributed by atoms with Crippen LogP contribution in [0.15, 0.2) is 47.3 Å². The standard InChI is InChI=1S/C22H24N2O3/c1-4-5-13-24-17-12-7-6-11-16(17)20(25)18(22(24)27)21(26)23-19-14(2)9-8-10-15(19)3/h6-12,25H,4-5,13H2,1-3H3,(H,23,26). The highest BCUT2D eigenvalue weighted by Gasteiger charge is 2.22. The molecule has 0 unspecified atom stereocenters. The van der Waals surface area contributed by atoms with E-state index in [2.05, 4.69) is 5.32 Å². The summed E-state index contributed by atoms with van der Waals surface area (Å²) >= 11 is 0. The normalized spacial score (nSPS) is 10.9. The number of nitrogens with one attached hydrogen (secondary N) is 1. The van der Waals surface area contributed by atoms with Crippen LogP contribution in [0.3, 0.4) is 0 Å². The Labute approximate surface area is 158 Å². The number of carbonyl (C=O) groups is 1. The third-order valence-electron chi connectivity index (χ3n) is 4.83. The second-order valence-corrected chi connectivity index (χ2v) is 6.77. The van der Waals surface area contributed by atoms with E-state index in [4.69, 9.17) is 0 Å². The molecule has 0 aliphatic heterocycles. The summed E-state index contributed by atoms with van der Waals surface area (Å²) in [5.41, 5.74) is 2.41. The summed E-state index contributed by atoms with van der Waals surface area (Å²) < 4.78 is 1.58. The quantitative estimate of drug-likeness (QED) is 0.706. The molecule has 0 fully saturated rings. The van der Waals surface area contributed by atoms with Crippen molar-refractivity contribution in [3.63, 3.8) is 0 Å². The number of amides is 1. The van der Waals surface area contributed by atoms with Gasteiger partial charge in [-0.3, -0.25) is 9.59 Å². The Bertz CT molecular complexity index is 1050. The van der Waals surface area contributed by atoms with Crippen LogP contribution in [0.25, 0.3) is 10.9 Å². The molecule has 0 aliphatic carbocycles. The molecule has 1 aromatic heterocycles. The lowest BCUT2D eigenvalue weighted by Gasteiger charge is -2.16. The number of aromatic hydroxyl groups is 1. The Balaban J connectivity index is 2.16. The fraction of sp³-hybridized carbons (Fsp3) is 0.273. The number of fused-ring (bicyclic) bond motifs is 1. The number of rotatable bonds is 5. The molecule has 0 spiro atoms. The van der Waals surface area contributed by atoms with Crippen LogP contribution in [-0.4, -0.2) is 15.6 Å². The number of aromatic nitrogens is 1. The average molecular weight is 364 g/mol. The van der Waals surface area contributed by atoms with Crippen LogP contribution < -0.4 is 10.9 Å². The largest absolute Gasteiger partial charge is 0.506 e. The fourth-order valence-electron chi connectivity index (χ4n) is 3.32. The molecule has 5 nitrogen and oxygen atoms in total. The highest BCUT2D eigenvalue weighted by molar-refractivity contribution is 6.09. The predicted octanol–water partition coefficient (Wildman–Crippen LogP) is 4.38. The Morgan fingerprint density at radius 2 is 1.74 bits per heavy atom. The number of carbonyl (C=O) groups excluding carboxylic acids is 1. The van der Waals surface area contributed by atoms with Crippen molar-refractivity contribution in [1.82, 2.24) is 4.57 Å². The van der Waals surface area contributed by atoms with Crippen molar-refractivity contribution >= 4 is 22.5 Å². The van der Waals surface area contributed by atoms with Gasteiger partial charge in [0.05, 0.1) is 5.52 Å². The van der Waals surface area contributed by atoms with Crippen molar-refractivity contribution in [2.45, 2.75) is 40.2 Å². The van der Waals surface area contributed by atoms with Gasteiger partial charge < -0.3 is 15.0 Å². The number of aryl methyl sites for hydroxylation is 3. The molecule has 0 radical (unpaired) electrons. The molecule has 2 N–H and O–H groups in total. The number of para-hydroxylation sites is 2. The zero-order chi connectivity index (χ0) is 19.6. The van der Waals surface area contributed by atoms with E-state index in [9.17, 15) is 14.7 Å². The molecule has 0 saturated heterocycles. The van der Waals surface area contributed by atoms with E-state index in [1.807, 2.05) is 45.0 Å². The fourth-order valence-corrected chi connectivity index (χ4v) is 3.32. The van der Waals surface area contributed by atoms with E-state index in [-0.39, 0.29) is 11.3 Å². The summed E-state index contributed by atoms with van der Waals surface area (Å²) in [6.07, 6.45) is 1.73. The summed E-state index contributed by atoms with van der Waals surface area (Å²) in [5.74, 6) is -0.863. The first-order valence-corrected chi connectivity index (χ1v) is 9.17. The van der Waals surface area contributed by atoms with Crippen molar-refractivity contribution in [3.05, 3.63) is 69.5 Å². The number of hydrogen-bond acceptors (Lipinski definition) is 3. The predicted molar refractivity (Wildman–Crippen MR) is 109 cm³/mol. The molecule has 27 heavy (non-hydrogen) atoms. The van der Waals surface area contributed by atoms with Crippen LogP contribution >= 0.6 is 0 Å². The van der Waals surface area contributed by atoms with E-state index in [0.29, 0.717) is 23.1 Å². The monoisotopic (exact) mass is 364 g/mol. The average Bonchev–Trinajstić information content (AvgIpc) is 2.65. The van der Waals surface area contributed by atoms with Gasteiger partial charge in [-0.15, -0.1) is 0 Å². The van der Waals surface area contributed by atoms with Gasteiger partial charge in [-0.25, -0.2) is 0 Å². The molecule has 3 rings (SSSR count). The van der Waals surface area contributed by atoms with E-state index in [1.165, 1.54) is 0 Å². The molecule has 5 heteroatoms. The lowest BCUT2D eigenvalue weighted by atomic mass is 10.1. The molecule has 140 valence electrons. The number of benzene rings is 2. The maximum atomic E-state index is 13.1. The molecule has 0 aliphatic rings. The van der Waals surface area contributed by atoms with Gasteiger partial charge in [-0.05, 0) is 43.5 Å². The van der Waals surface area contributed by atoms with Crippen LogP contribution in [0.1, 0.15) is 41.3 Å². The van der Waals surface area contributed by atoms with Gasteiger partial charge in [0.25, 0.3) is 11.5 Å². The molecular weight excluding hydrogens is 340 g/mol. The van der Waals surface area contributed by atoms with Crippen molar-refractivity contribution < 1.29 is 9.90 Å². The molecule has 2 aromatic carbocycles. The topological polar surface area (TPSA) is 71.3 Å². The lowest BCUT2D eigenvalue weighted by molar-refractivity contribution is 0.102. The Morgan fingerprint density at radius 3 is 2.41 bits per heavy atom. The Morgan fingerprint density at radius 1 is 1.07 bits per heavy atom. The van der Waals surface area contributed by atoms with Crippen LogP contribution in [0.2, 0.25) is 0 Å². The van der Waals surface area contributed by atoms with Crippen molar-refractivity contribution in [2.24, 2.45) is 0 Å². The molecule has 0 saturated carbocycles. The highest BCUT2D eigenvalue weighted by atomic mass is 16.3. The third-order valence-corrected chi connectivity index (χ3v) is 4.83. The molecule has 3 aromatic rings. The molecular formula is C22H24N2O3. The first kappa shape index (κ1) is 18.7. The summed E-state index contributed by atoms with van der Waals surface area (Å²) in [6, 6.07) is 12.8. The van der Waals surface area contributed by atoms with Gasteiger partial charge in [0.15, 0.2) is 0 Å². The minimum absolute atomic E-state index is 0.215. The second-order valence-electron chi connectivity index (χ2n) is 6.77. The maximum absolute atomic E-state index is 13.1. The first-order valence-electron chi connectivity index (χ1n) is 9.17. The van der Waals surface area contributed by atoms with Crippen molar-refractivity contribution in [1.29, 1.82) is 0 Å². The van der Waals surface area contributed by atoms with Gasteiger partial charge in [-0.1, -0.05) is 43.7 Å². The van der Waals surface area contributed by atoms with E-state index in [1.54, 1.807) is 22.8 Å². The zero-order valence-corrected chi connectivity index (χ0v) is 15.9. The number of anilines is 1. The second kappa shape index (κ2) is 7.66. The molecule has 1 amide bonds. The van der Waals surface area contributed by atoms with Gasteiger partial charge in [0.1, 0.15) is 11.3 Å². The smallest absolute Gasteiger partial charge is 0.267 e.